The summed E-state index contributed by atoms with van der Waals surface area (Å²) in [5, 5.41) is 32.3. The Morgan fingerprint density at radius 3 is 2.33 bits per heavy atom. The van der Waals surface area contributed by atoms with E-state index in [1.165, 1.54) is 10.5 Å². The van der Waals surface area contributed by atoms with Crippen molar-refractivity contribution in [1.29, 1.82) is 0 Å². The topological polar surface area (TPSA) is 101 Å². The molecule has 2 aromatic carbocycles. The van der Waals surface area contributed by atoms with Gasteiger partial charge in [-0.25, -0.2) is 0 Å². The normalized spacial score (nSPS) is 24.7. The van der Waals surface area contributed by atoms with E-state index in [1.807, 2.05) is 43.3 Å². The van der Waals surface area contributed by atoms with Crippen LogP contribution in [0.15, 0.2) is 71.3 Å². The molecule has 3 aliphatic rings. The molecule has 0 radical (unpaired) electrons. The van der Waals surface area contributed by atoms with E-state index in [9.17, 15) is 24.9 Å². The first-order valence-corrected chi connectivity index (χ1v) is 15.8. The quantitative estimate of drug-likeness (QED) is 0.263. The van der Waals surface area contributed by atoms with Crippen LogP contribution in [0, 0.1) is 23.7 Å². The van der Waals surface area contributed by atoms with Gasteiger partial charge in [0.25, 0.3) is 0 Å². The van der Waals surface area contributed by atoms with Crippen LogP contribution in [-0.4, -0.2) is 68.8 Å². The van der Waals surface area contributed by atoms with Crippen LogP contribution in [0.4, 0.5) is 0 Å². The number of amides is 2. The summed E-state index contributed by atoms with van der Waals surface area (Å²) in [5.41, 5.74) is 4.74. The molecule has 2 heterocycles. The number of fused-ring (bicyclic) bond motifs is 1. The highest BCUT2D eigenvalue weighted by Gasteiger charge is 2.56. The second-order valence-corrected chi connectivity index (χ2v) is 12.9. The Morgan fingerprint density at radius 1 is 1.00 bits per heavy atom. The smallest absolute Gasteiger partial charge is 0.234 e. The molecule has 230 valence electrons. The molecule has 2 fully saturated rings. The maximum absolute atomic E-state index is 14.0. The van der Waals surface area contributed by atoms with Gasteiger partial charge in [0, 0.05) is 37.2 Å². The third kappa shape index (κ3) is 6.64. The third-order valence-electron chi connectivity index (χ3n) is 9.73. The average molecular weight is 587 g/mol. The van der Waals surface area contributed by atoms with Crippen molar-refractivity contribution in [2.24, 2.45) is 23.7 Å². The van der Waals surface area contributed by atoms with Crippen molar-refractivity contribution in [1.82, 2.24) is 9.80 Å². The number of likely N-dealkylation sites (tertiary alicyclic amines) is 2. The minimum atomic E-state index is -0.832. The van der Waals surface area contributed by atoms with E-state index >= 15 is 0 Å². The molecule has 5 rings (SSSR count). The highest BCUT2D eigenvalue weighted by molar-refractivity contribution is 6.06. The number of aliphatic hydroxyl groups excluding tert-OH is 2. The first-order chi connectivity index (χ1) is 20.7. The van der Waals surface area contributed by atoms with Gasteiger partial charge in [-0.2, -0.15) is 0 Å². The summed E-state index contributed by atoms with van der Waals surface area (Å²) >= 11 is 0. The number of imide groups is 1. The Kier molecular flexibility index (Phi) is 9.85. The maximum atomic E-state index is 14.0. The largest absolute Gasteiger partial charge is 0.507 e. The molecule has 0 bridgehead atoms. The third-order valence-corrected chi connectivity index (χ3v) is 9.73. The number of para-hydroxylation sites is 1. The summed E-state index contributed by atoms with van der Waals surface area (Å²) in [6, 6.07) is 17.4. The Labute approximate surface area is 255 Å². The van der Waals surface area contributed by atoms with Crippen LogP contribution >= 0.6 is 0 Å². The summed E-state index contributed by atoms with van der Waals surface area (Å²) in [5.74, 6) is -1.69. The fraction of sp³-hybridized carbons (Fsp3) is 0.500. The number of allylic oxidation sites excluding steroid dienone is 2. The molecule has 2 aliphatic heterocycles. The van der Waals surface area contributed by atoms with E-state index in [2.05, 4.69) is 30.9 Å². The Balaban J connectivity index is 1.29. The predicted molar refractivity (Wildman–Crippen MR) is 168 cm³/mol. The molecule has 3 N–H and O–H groups in total. The van der Waals surface area contributed by atoms with E-state index in [1.54, 1.807) is 12.1 Å². The minimum Gasteiger partial charge on any atom is -0.507 e. The number of benzene rings is 2. The molecule has 0 aromatic heterocycles. The molecule has 2 saturated heterocycles. The molecule has 43 heavy (non-hydrogen) atoms. The van der Waals surface area contributed by atoms with Crippen LogP contribution in [0.5, 0.6) is 5.75 Å². The van der Waals surface area contributed by atoms with Crippen molar-refractivity contribution >= 4 is 17.9 Å². The fourth-order valence-corrected chi connectivity index (χ4v) is 7.47. The van der Waals surface area contributed by atoms with Crippen LogP contribution in [0.1, 0.15) is 64.0 Å². The van der Waals surface area contributed by atoms with Gasteiger partial charge in [-0.05, 0) is 62.1 Å². The van der Waals surface area contributed by atoms with E-state index in [4.69, 9.17) is 0 Å². The van der Waals surface area contributed by atoms with Crippen LogP contribution in [-0.2, 0) is 16.1 Å². The lowest BCUT2D eigenvalue weighted by Gasteiger charge is -2.38. The summed E-state index contributed by atoms with van der Waals surface area (Å²) in [7, 11) is 0. The van der Waals surface area contributed by atoms with Gasteiger partial charge in [0.2, 0.25) is 11.8 Å². The molecule has 0 spiro atoms. The van der Waals surface area contributed by atoms with E-state index in [-0.39, 0.29) is 36.1 Å². The lowest BCUT2D eigenvalue weighted by atomic mass is 9.66. The SMILES string of the molecule is C/C(=C\c1ccccc1O)CC[C@@H](O)C1=C(C(C)C)C[C@H]2C(=O)N(C3CCN(Cc4ccccc4)CC3)C(=O)[C@H]2[C@H]1CO. The van der Waals surface area contributed by atoms with Crippen LogP contribution in [0.3, 0.4) is 0 Å². The number of piperidine rings is 1. The lowest BCUT2D eigenvalue weighted by Crippen LogP contribution is -2.47. The van der Waals surface area contributed by atoms with Crippen molar-refractivity contribution in [2.45, 2.75) is 71.6 Å². The molecule has 4 atom stereocenters. The van der Waals surface area contributed by atoms with Crippen molar-refractivity contribution in [3.8, 4) is 5.75 Å². The number of phenolic OH excluding ortho intramolecular Hbond substituents is 1. The van der Waals surface area contributed by atoms with Crippen LogP contribution < -0.4 is 0 Å². The molecule has 7 nitrogen and oxygen atoms in total. The second kappa shape index (κ2) is 13.6. The van der Waals surface area contributed by atoms with Crippen molar-refractivity contribution in [3.63, 3.8) is 0 Å². The van der Waals surface area contributed by atoms with Gasteiger partial charge >= 0.3 is 0 Å². The number of carbonyl (C=O) groups is 2. The van der Waals surface area contributed by atoms with Gasteiger partial charge in [0.15, 0.2) is 0 Å². The standard InChI is InChI=1S/C36H46N2O5/c1-23(2)28-20-29-34(30(22-39)33(28)32(41)14-13-24(3)19-26-11-7-8-12-31(26)40)36(43)38(35(29)42)27-15-17-37(18-16-27)21-25-9-5-4-6-10-25/h4-12,19,23,27,29-30,32,34,39-41H,13-18,20-22H2,1-3H3/b24-19+/t29-,30+,32-,34-/m1/s1. The zero-order chi connectivity index (χ0) is 30.7. The average Bonchev–Trinajstić information content (AvgIpc) is 3.26. The molecular formula is C36H46N2O5. The Hall–Kier alpha value is -3.26. The zero-order valence-corrected chi connectivity index (χ0v) is 25.7. The zero-order valence-electron chi connectivity index (χ0n) is 25.7. The lowest BCUT2D eigenvalue weighted by molar-refractivity contribution is -0.144. The predicted octanol–water partition coefficient (Wildman–Crippen LogP) is 5.17. The molecule has 1 aliphatic carbocycles. The highest BCUT2D eigenvalue weighted by Crippen LogP contribution is 2.49. The first kappa shape index (κ1) is 31.2. The number of aromatic hydroxyl groups is 1. The van der Waals surface area contributed by atoms with Gasteiger partial charge < -0.3 is 15.3 Å². The number of rotatable bonds is 10. The fourth-order valence-electron chi connectivity index (χ4n) is 7.47. The summed E-state index contributed by atoms with van der Waals surface area (Å²) in [6.07, 6.45) is 4.06. The monoisotopic (exact) mass is 586 g/mol. The van der Waals surface area contributed by atoms with Gasteiger partial charge in [-0.3, -0.25) is 19.4 Å². The van der Waals surface area contributed by atoms with E-state index in [0.717, 1.165) is 54.8 Å². The second-order valence-electron chi connectivity index (χ2n) is 12.9. The summed E-state index contributed by atoms with van der Waals surface area (Å²) < 4.78 is 0. The Bertz CT molecular complexity index is 1360. The van der Waals surface area contributed by atoms with Crippen molar-refractivity contribution in [2.75, 3.05) is 19.7 Å². The molecule has 0 saturated carbocycles. The van der Waals surface area contributed by atoms with E-state index < -0.39 is 23.9 Å². The number of carbonyl (C=O) groups excluding carboxylic acids is 2. The molecule has 7 heteroatoms. The molecule has 0 unspecified atom stereocenters. The van der Waals surface area contributed by atoms with Gasteiger partial charge in [-0.1, -0.05) is 79.6 Å². The van der Waals surface area contributed by atoms with Gasteiger partial charge in [0.05, 0.1) is 24.5 Å². The van der Waals surface area contributed by atoms with Gasteiger partial charge in [0.1, 0.15) is 5.75 Å². The maximum Gasteiger partial charge on any atom is 0.234 e. The molecule has 2 aromatic rings. The van der Waals surface area contributed by atoms with Crippen molar-refractivity contribution < 1.29 is 24.9 Å². The van der Waals surface area contributed by atoms with E-state index in [0.29, 0.717) is 19.3 Å². The number of nitrogens with zero attached hydrogens (tertiary/aromatic N) is 2. The molecular weight excluding hydrogens is 540 g/mol. The number of aliphatic hydroxyl groups is 2. The minimum absolute atomic E-state index is 0.0794. The van der Waals surface area contributed by atoms with Crippen LogP contribution in [0.2, 0.25) is 0 Å². The number of phenols is 1. The summed E-state index contributed by atoms with van der Waals surface area (Å²) in [4.78, 5) is 31.7. The van der Waals surface area contributed by atoms with Crippen molar-refractivity contribution in [3.05, 3.63) is 82.4 Å². The van der Waals surface area contributed by atoms with Gasteiger partial charge in [-0.15, -0.1) is 0 Å². The first-order valence-electron chi connectivity index (χ1n) is 15.8. The van der Waals surface area contributed by atoms with Crippen LogP contribution in [0.25, 0.3) is 6.08 Å². The Morgan fingerprint density at radius 2 is 1.67 bits per heavy atom. The highest BCUT2D eigenvalue weighted by atomic mass is 16.3. The molecule has 2 amide bonds. The number of hydrogen-bond donors (Lipinski definition) is 3. The summed E-state index contributed by atoms with van der Waals surface area (Å²) in [6.45, 7) is 8.31. The number of hydrogen-bond acceptors (Lipinski definition) is 6.